The molecule has 114 valence electrons. The van der Waals surface area contributed by atoms with E-state index in [0.717, 1.165) is 12.1 Å². The van der Waals surface area contributed by atoms with Gasteiger partial charge in [0, 0.05) is 18.3 Å². The second-order valence-electron chi connectivity index (χ2n) is 5.13. The van der Waals surface area contributed by atoms with Gasteiger partial charge in [-0.15, -0.1) is 0 Å². The highest BCUT2D eigenvalue weighted by atomic mass is 32.2. The molecule has 1 aromatic carbocycles. The molecule has 0 fully saturated rings. The van der Waals surface area contributed by atoms with Crippen LogP contribution >= 0.6 is 11.8 Å². The molecule has 0 bridgehead atoms. The van der Waals surface area contributed by atoms with E-state index in [1.807, 2.05) is 30.0 Å². The average Bonchev–Trinajstić information content (AvgIpc) is 2.89. The van der Waals surface area contributed by atoms with Crippen molar-refractivity contribution in [2.24, 2.45) is 0 Å². The van der Waals surface area contributed by atoms with Gasteiger partial charge in [0.25, 0.3) is 0 Å². The van der Waals surface area contributed by atoms with Gasteiger partial charge >= 0.3 is 0 Å². The van der Waals surface area contributed by atoms with Crippen LogP contribution in [0.2, 0.25) is 0 Å². The van der Waals surface area contributed by atoms with Crippen LogP contribution in [0.5, 0.6) is 0 Å². The normalized spacial score (nSPS) is 14.7. The summed E-state index contributed by atoms with van der Waals surface area (Å²) in [6, 6.07) is 9.47. The first-order valence-electron chi connectivity index (χ1n) is 7.00. The van der Waals surface area contributed by atoms with Crippen molar-refractivity contribution in [3.05, 3.63) is 35.9 Å². The maximum absolute atomic E-state index is 12.7. The van der Waals surface area contributed by atoms with Gasteiger partial charge in [0.2, 0.25) is 5.91 Å². The zero-order valence-electron chi connectivity index (χ0n) is 12.2. The van der Waals surface area contributed by atoms with Gasteiger partial charge in [0.05, 0.1) is 5.25 Å². The molecule has 1 amide bonds. The lowest BCUT2D eigenvalue weighted by Gasteiger charge is -2.21. The highest BCUT2D eigenvalue weighted by Crippen LogP contribution is 2.31. The van der Waals surface area contributed by atoms with Gasteiger partial charge in [-0.3, -0.25) is 4.79 Å². The largest absolute Gasteiger partial charge is 0.383 e. The van der Waals surface area contributed by atoms with E-state index in [-0.39, 0.29) is 11.2 Å². The topological polar surface area (TPSA) is 98.1 Å². The van der Waals surface area contributed by atoms with Crippen LogP contribution in [0, 0.1) is 0 Å². The predicted octanol–water partition coefficient (Wildman–Crippen LogP) is 1.71. The molecule has 2 aromatic rings. The molecule has 7 heteroatoms. The van der Waals surface area contributed by atoms with E-state index in [1.54, 1.807) is 0 Å². The molecule has 0 saturated heterocycles. The number of carbonyl (C=O) groups is 1. The second kappa shape index (κ2) is 5.84. The van der Waals surface area contributed by atoms with Crippen molar-refractivity contribution in [3.8, 4) is 0 Å². The molecular weight excluding hydrogens is 298 g/mol. The van der Waals surface area contributed by atoms with E-state index < -0.39 is 0 Å². The number of nitrogens with two attached hydrogens (primary N) is 2. The summed E-state index contributed by atoms with van der Waals surface area (Å²) in [7, 11) is 0. The minimum Gasteiger partial charge on any atom is -0.383 e. The van der Waals surface area contributed by atoms with E-state index >= 15 is 0 Å². The molecule has 0 unspecified atom stereocenters. The van der Waals surface area contributed by atoms with Crippen molar-refractivity contribution < 1.29 is 4.79 Å². The van der Waals surface area contributed by atoms with Crippen LogP contribution in [0.1, 0.15) is 12.5 Å². The number of hydrogen-bond donors (Lipinski definition) is 2. The number of thioether (sulfide) groups is 1. The molecular formula is C15H17N5OS. The zero-order chi connectivity index (χ0) is 15.7. The van der Waals surface area contributed by atoms with Crippen LogP contribution in [0.25, 0.3) is 0 Å². The van der Waals surface area contributed by atoms with Crippen LogP contribution in [0.4, 0.5) is 17.3 Å². The first-order valence-corrected chi connectivity index (χ1v) is 7.88. The monoisotopic (exact) mass is 315 g/mol. The molecule has 0 radical (unpaired) electrons. The number of amides is 1. The van der Waals surface area contributed by atoms with Crippen LogP contribution < -0.4 is 16.4 Å². The summed E-state index contributed by atoms with van der Waals surface area (Å²) >= 11 is 1.27. The fraction of sp³-hybridized carbons (Fsp3) is 0.267. The minimum atomic E-state index is -0.313. The Labute approximate surface area is 132 Å². The fourth-order valence-electron chi connectivity index (χ4n) is 2.51. The molecule has 4 N–H and O–H groups in total. The van der Waals surface area contributed by atoms with Crippen molar-refractivity contribution in [2.45, 2.75) is 23.8 Å². The van der Waals surface area contributed by atoms with Crippen molar-refractivity contribution >= 4 is 35.0 Å². The highest BCUT2D eigenvalue weighted by molar-refractivity contribution is 8.00. The first kappa shape index (κ1) is 14.6. The number of benzene rings is 1. The maximum atomic E-state index is 12.7. The van der Waals surface area contributed by atoms with Crippen LogP contribution in [-0.2, 0) is 11.2 Å². The van der Waals surface area contributed by atoms with Crippen molar-refractivity contribution in [1.29, 1.82) is 0 Å². The lowest BCUT2D eigenvalue weighted by molar-refractivity contribution is -0.117. The standard InChI is InChI=1S/C15H17N5OS/c1-9(22-15-18-12(16)8-13(17)19-15)14(21)20-7-6-10-4-2-3-5-11(10)20/h2-5,8-9H,6-7H2,1H3,(H4,16,17,18,19)/t9-/m0/s1. The molecule has 1 aromatic heterocycles. The van der Waals surface area contributed by atoms with Crippen molar-refractivity contribution in [2.75, 3.05) is 22.9 Å². The van der Waals surface area contributed by atoms with Gasteiger partial charge in [-0.1, -0.05) is 30.0 Å². The Hall–Kier alpha value is -2.28. The van der Waals surface area contributed by atoms with E-state index in [0.29, 0.717) is 23.3 Å². The number of carbonyl (C=O) groups excluding carboxylic acids is 1. The predicted molar refractivity (Wildman–Crippen MR) is 88.7 cm³/mol. The molecule has 1 atom stereocenters. The van der Waals surface area contributed by atoms with Crippen molar-refractivity contribution in [3.63, 3.8) is 0 Å². The lowest BCUT2D eigenvalue weighted by atomic mass is 10.2. The molecule has 22 heavy (non-hydrogen) atoms. The van der Waals surface area contributed by atoms with Gasteiger partial charge in [0.1, 0.15) is 11.6 Å². The van der Waals surface area contributed by atoms with E-state index in [9.17, 15) is 4.79 Å². The maximum Gasteiger partial charge on any atom is 0.240 e. The number of fused-ring (bicyclic) bond motifs is 1. The molecule has 1 aliphatic heterocycles. The summed E-state index contributed by atoms with van der Waals surface area (Å²) in [5, 5.41) is 0.109. The van der Waals surface area contributed by atoms with E-state index in [1.165, 1.54) is 23.4 Å². The van der Waals surface area contributed by atoms with E-state index in [4.69, 9.17) is 11.5 Å². The summed E-state index contributed by atoms with van der Waals surface area (Å²) in [5.74, 6) is 0.655. The van der Waals surface area contributed by atoms with Gasteiger partial charge in [-0.25, -0.2) is 9.97 Å². The molecule has 0 aliphatic carbocycles. The number of nitrogen functional groups attached to an aromatic ring is 2. The summed E-state index contributed by atoms with van der Waals surface area (Å²) in [6.07, 6.45) is 0.890. The van der Waals surface area contributed by atoms with Crippen molar-refractivity contribution in [1.82, 2.24) is 9.97 Å². The van der Waals surface area contributed by atoms with Gasteiger partial charge in [-0.2, -0.15) is 0 Å². The number of nitrogens with zero attached hydrogens (tertiary/aromatic N) is 3. The van der Waals surface area contributed by atoms with Crippen LogP contribution in [0.3, 0.4) is 0 Å². The number of hydrogen-bond acceptors (Lipinski definition) is 6. The minimum absolute atomic E-state index is 0.0412. The highest BCUT2D eigenvalue weighted by Gasteiger charge is 2.28. The zero-order valence-corrected chi connectivity index (χ0v) is 13.0. The summed E-state index contributed by atoms with van der Waals surface area (Å²) in [6.45, 7) is 2.56. The first-order chi connectivity index (χ1) is 10.5. The van der Waals surface area contributed by atoms with Gasteiger partial charge in [-0.05, 0) is 25.0 Å². The Balaban J connectivity index is 1.75. The molecule has 1 aliphatic rings. The van der Waals surface area contributed by atoms with Gasteiger partial charge in [0.15, 0.2) is 5.16 Å². The van der Waals surface area contributed by atoms with Crippen LogP contribution in [-0.4, -0.2) is 27.7 Å². The Morgan fingerprint density at radius 1 is 1.27 bits per heavy atom. The third-order valence-corrected chi connectivity index (χ3v) is 4.48. The molecule has 6 nitrogen and oxygen atoms in total. The second-order valence-corrected chi connectivity index (χ2v) is 6.44. The summed E-state index contributed by atoms with van der Waals surface area (Å²) < 4.78 is 0. The Morgan fingerprint density at radius 3 is 2.68 bits per heavy atom. The smallest absolute Gasteiger partial charge is 0.240 e. The van der Waals surface area contributed by atoms with Crippen LogP contribution in [0.15, 0.2) is 35.5 Å². The number of aromatic nitrogens is 2. The molecule has 2 heterocycles. The Bertz CT molecular complexity index is 701. The molecule has 0 saturated carbocycles. The number of para-hydroxylation sites is 1. The SMILES string of the molecule is C[C@H](Sc1nc(N)cc(N)n1)C(=O)N1CCc2ccccc21. The third-order valence-electron chi connectivity index (χ3n) is 3.53. The summed E-state index contributed by atoms with van der Waals surface area (Å²) in [5.41, 5.74) is 13.5. The third kappa shape index (κ3) is 2.85. The lowest BCUT2D eigenvalue weighted by Crippen LogP contribution is -2.35. The van der Waals surface area contributed by atoms with E-state index in [2.05, 4.69) is 16.0 Å². The van der Waals surface area contributed by atoms with Gasteiger partial charge < -0.3 is 16.4 Å². The summed E-state index contributed by atoms with van der Waals surface area (Å²) in [4.78, 5) is 22.7. The molecule has 0 spiro atoms. The average molecular weight is 315 g/mol. The molecule has 3 rings (SSSR count). The quantitative estimate of drug-likeness (QED) is 0.661. The Morgan fingerprint density at radius 2 is 1.95 bits per heavy atom. The number of anilines is 3. The number of rotatable bonds is 3. The Kier molecular flexibility index (Phi) is 3.89. The fourth-order valence-corrected chi connectivity index (χ4v) is 3.37.